The fourth-order valence-electron chi connectivity index (χ4n) is 2.89. The molecule has 1 aliphatic heterocycles. The second-order valence-electron chi connectivity index (χ2n) is 5.22. The molecular weight excluding hydrogens is 198 g/mol. The molecule has 3 atom stereocenters. The molecule has 0 aromatic rings. The van der Waals surface area contributed by atoms with Crippen molar-refractivity contribution >= 4 is 0 Å². The molecule has 0 spiro atoms. The Morgan fingerprint density at radius 3 is 2.44 bits per heavy atom. The number of hydrogen-bond acceptors (Lipinski definition) is 3. The highest BCUT2D eigenvalue weighted by Gasteiger charge is 2.28. The van der Waals surface area contributed by atoms with Crippen molar-refractivity contribution in [3.8, 4) is 0 Å². The summed E-state index contributed by atoms with van der Waals surface area (Å²) in [5, 5.41) is 0. The normalized spacial score (nSPS) is 26.2. The Morgan fingerprint density at radius 2 is 1.94 bits per heavy atom. The Bertz CT molecular complexity index is 190. The SMILES string of the molecule is CCN(CC)C1CCN(C(C)CC(C)N)C1. The molecule has 1 fully saturated rings. The second-order valence-corrected chi connectivity index (χ2v) is 5.22. The molecule has 1 rings (SSSR count). The van der Waals surface area contributed by atoms with E-state index in [-0.39, 0.29) is 0 Å². The highest BCUT2D eigenvalue weighted by molar-refractivity contribution is 4.86. The van der Waals surface area contributed by atoms with Crippen LogP contribution in [-0.4, -0.2) is 54.1 Å². The third-order valence-corrected chi connectivity index (χ3v) is 3.86. The Balaban J connectivity index is 2.39. The van der Waals surface area contributed by atoms with Gasteiger partial charge < -0.3 is 5.73 Å². The van der Waals surface area contributed by atoms with E-state index in [2.05, 4.69) is 37.5 Å². The van der Waals surface area contributed by atoms with Gasteiger partial charge in [0.2, 0.25) is 0 Å². The molecule has 0 radical (unpaired) electrons. The summed E-state index contributed by atoms with van der Waals surface area (Å²) in [7, 11) is 0. The van der Waals surface area contributed by atoms with Gasteiger partial charge in [0.05, 0.1) is 0 Å². The molecule has 0 aliphatic carbocycles. The summed E-state index contributed by atoms with van der Waals surface area (Å²) in [5.41, 5.74) is 5.87. The molecule has 1 saturated heterocycles. The second kappa shape index (κ2) is 6.58. The fourth-order valence-corrected chi connectivity index (χ4v) is 2.89. The number of nitrogens with two attached hydrogens (primary N) is 1. The molecular formula is C13H29N3. The van der Waals surface area contributed by atoms with Gasteiger partial charge in [0.15, 0.2) is 0 Å². The van der Waals surface area contributed by atoms with E-state index < -0.39 is 0 Å². The van der Waals surface area contributed by atoms with Gasteiger partial charge in [0.25, 0.3) is 0 Å². The maximum Gasteiger partial charge on any atom is 0.0235 e. The van der Waals surface area contributed by atoms with Crippen LogP contribution in [0.5, 0.6) is 0 Å². The average Bonchev–Trinajstić information content (AvgIpc) is 2.68. The quantitative estimate of drug-likeness (QED) is 0.747. The minimum Gasteiger partial charge on any atom is -0.328 e. The molecule has 0 aromatic carbocycles. The summed E-state index contributed by atoms with van der Waals surface area (Å²) in [6, 6.07) is 1.73. The maximum atomic E-state index is 5.87. The standard InChI is InChI=1S/C13H29N3/c1-5-15(6-2)13-7-8-16(10-13)12(4)9-11(3)14/h11-13H,5-10,14H2,1-4H3. The summed E-state index contributed by atoms with van der Waals surface area (Å²) in [6.07, 6.45) is 2.44. The fraction of sp³-hybridized carbons (Fsp3) is 1.00. The van der Waals surface area contributed by atoms with Crippen molar-refractivity contribution in [2.24, 2.45) is 5.73 Å². The van der Waals surface area contributed by atoms with Gasteiger partial charge in [0.1, 0.15) is 0 Å². The third-order valence-electron chi connectivity index (χ3n) is 3.86. The van der Waals surface area contributed by atoms with Crippen LogP contribution in [0.25, 0.3) is 0 Å². The van der Waals surface area contributed by atoms with Gasteiger partial charge in [-0.25, -0.2) is 0 Å². The highest BCUT2D eigenvalue weighted by Crippen LogP contribution is 2.19. The van der Waals surface area contributed by atoms with Crippen LogP contribution in [0.3, 0.4) is 0 Å². The van der Waals surface area contributed by atoms with Crippen LogP contribution in [0, 0.1) is 0 Å². The van der Waals surface area contributed by atoms with E-state index in [1.165, 1.54) is 32.6 Å². The smallest absolute Gasteiger partial charge is 0.0235 e. The number of likely N-dealkylation sites (tertiary alicyclic amines) is 1. The van der Waals surface area contributed by atoms with E-state index in [1.54, 1.807) is 0 Å². The number of nitrogens with zero attached hydrogens (tertiary/aromatic N) is 2. The number of hydrogen-bond donors (Lipinski definition) is 1. The molecule has 3 heteroatoms. The summed E-state index contributed by atoms with van der Waals surface area (Å²) in [6.45, 7) is 13.8. The molecule has 2 N–H and O–H groups in total. The van der Waals surface area contributed by atoms with Crippen LogP contribution >= 0.6 is 0 Å². The van der Waals surface area contributed by atoms with Crippen LogP contribution in [0.1, 0.15) is 40.5 Å². The summed E-state index contributed by atoms with van der Waals surface area (Å²) in [5.74, 6) is 0. The zero-order valence-corrected chi connectivity index (χ0v) is 11.4. The predicted octanol–water partition coefficient (Wildman–Crippen LogP) is 1.53. The molecule has 96 valence electrons. The van der Waals surface area contributed by atoms with Crippen LogP contribution in [0.15, 0.2) is 0 Å². The first kappa shape index (κ1) is 13.9. The lowest BCUT2D eigenvalue weighted by atomic mass is 10.1. The van der Waals surface area contributed by atoms with Crippen molar-refractivity contribution in [2.45, 2.75) is 58.7 Å². The summed E-state index contributed by atoms with van der Waals surface area (Å²) >= 11 is 0. The monoisotopic (exact) mass is 227 g/mol. The first-order valence-electron chi connectivity index (χ1n) is 6.82. The van der Waals surface area contributed by atoms with Gasteiger partial charge >= 0.3 is 0 Å². The predicted molar refractivity (Wildman–Crippen MR) is 70.6 cm³/mol. The molecule has 1 aliphatic rings. The Kier molecular flexibility index (Phi) is 5.73. The van der Waals surface area contributed by atoms with Gasteiger partial charge in [-0.1, -0.05) is 13.8 Å². The highest BCUT2D eigenvalue weighted by atomic mass is 15.3. The van der Waals surface area contributed by atoms with Gasteiger partial charge in [-0.05, 0) is 39.8 Å². The first-order chi connectivity index (χ1) is 7.58. The summed E-state index contributed by atoms with van der Waals surface area (Å²) in [4.78, 5) is 5.19. The molecule has 0 bridgehead atoms. The largest absolute Gasteiger partial charge is 0.328 e. The van der Waals surface area contributed by atoms with Crippen LogP contribution in [0.4, 0.5) is 0 Å². The average molecular weight is 227 g/mol. The van der Waals surface area contributed by atoms with Crippen molar-refractivity contribution in [3.05, 3.63) is 0 Å². The van der Waals surface area contributed by atoms with Crippen LogP contribution in [0.2, 0.25) is 0 Å². The minimum absolute atomic E-state index is 0.322. The van der Waals surface area contributed by atoms with E-state index >= 15 is 0 Å². The lowest BCUT2D eigenvalue weighted by Gasteiger charge is -2.29. The molecule has 3 nitrogen and oxygen atoms in total. The van der Waals surface area contributed by atoms with Crippen LogP contribution < -0.4 is 5.73 Å². The maximum absolute atomic E-state index is 5.87. The van der Waals surface area contributed by atoms with Crippen molar-refractivity contribution in [2.75, 3.05) is 26.2 Å². The van der Waals surface area contributed by atoms with Gasteiger partial charge in [-0.3, -0.25) is 9.80 Å². The van der Waals surface area contributed by atoms with Gasteiger partial charge in [-0.2, -0.15) is 0 Å². The zero-order valence-electron chi connectivity index (χ0n) is 11.4. The Hall–Kier alpha value is -0.120. The van der Waals surface area contributed by atoms with Gasteiger partial charge in [0, 0.05) is 31.2 Å². The first-order valence-corrected chi connectivity index (χ1v) is 6.82. The van der Waals surface area contributed by atoms with E-state index in [0.717, 1.165) is 12.5 Å². The molecule has 16 heavy (non-hydrogen) atoms. The molecule has 0 saturated carbocycles. The Morgan fingerprint density at radius 1 is 1.31 bits per heavy atom. The third kappa shape index (κ3) is 3.72. The van der Waals surface area contributed by atoms with Crippen molar-refractivity contribution < 1.29 is 0 Å². The zero-order chi connectivity index (χ0) is 12.1. The molecule has 0 aromatic heterocycles. The van der Waals surface area contributed by atoms with E-state index in [4.69, 9.17) is 5.73 Å². The lowest BCUT2D eigenvalue weighted by Crippen LogP contribution is -2.40. The lowest BCUT2D eigenvalue weighted by molar-refractivity contribution is 0.186. The van der Waals surface area contributed by atoms with E-state index in [9.17, 15) is 0 Å². The Labute approximate surface area is 101 Å². The van der Waals surface area contributed by atoms with E-state index in [0.29, 0.717) is 12.1 Å². The molecule has 0 amide bonds. The van der Waals surface area contributed by atoms with Crippen LogP contribution in [-0.2, 0) is 0 Å². The van der Waals surface area contributed by atoms with Gasteiger partial charge in [-0.15, -0.1) is 0 Å². The molecule has 3 unspecified atom stereocenters. The number of rotatable bonds is 6. The van der Waals surface area contributed by atoms with Crippen molar-refractivity contribution in [3.63, 3.8) is 0 Å². The minimum atomic E-state index is 0.322. The molecule has 1 heterocycles. The van der Waals surface area contributed by atoms with Crippen molar-refractivity contribution in [1.82, 2.24) is 9.80 Å². The topological polar surface area (TPSA) is 32.5 Å². The van der Waals surface area contributed by atoms with Crippen molar-refractivity contribution in [1.29, 1.82) is 0 Å². The van der Waals surface area contributed by atoms with E-state index in [1.807, 2.05) is 0 Å². The number of likely N-dealkylation sites (N-methyl/N-ethyl adjacent to an activating group) is 1. The summed E-state index contributed by atoms with van der Waals surface area (Å²) < 4.78 is 0.